The normalized spacial score (nSPS) is 20.8. The molecule has 6 nitrogen and oxygen atoms in total. The van der Waals surface area contributed by atoms with Crippen LogP contribution in [0.1, 0.15) is 43.4 Å². The van der Waals surface area contributed by atoms with Crippen LogP contribution in [-0.2, 0) is 16.8 Å². The molecule has 1 saturated heterocycles. The largest absolute Gasteiger partial charge is 0.353 e. The quantitative estimate of drug-likeness (QED) is 0.891. The molecule has 1 aromatic heterocycles. The third-order valence-electron chi connectivity index (χ3n) is 5.85. The predicted octanol–water partition coefficient (Wildman–Crippen LogP) is 2.71. The Morgan fingerprint density at radius 3 is 2.86 bits per heavy atom. The van der Waals surface area contributed by atoms with Crippen molar-refractivity contribution in [3.05, 3.63) is 53.2 Å². The van der Waals surface area contributed by atoms with E-state index < -0.39 is 5.41 Å². The van der Waals surface area contributed by atoms with Crippen LogP contribution in [0, 0.1) is 11.3 Å². The molecule has 0 unspecified atom stereocenters. The van der Waals surface area contributed by atoms with E-state index in [1.807, 2.05) is 38.1 Å². The number of aromatic nitrogens is 1. The Bertz CT molecular complexity index is 962. The number of nitriles is 1. The Labute approximate surface area is 165 Å². The summed E-state index contributed by atoms with van der Waals surface area (Å²) in [6.45, 7) is 5.89. The van der Waals surface area contributed by atoms with E-state index in [0.29, 0.717) is 12.1 Å². The van der Waals surface area contributed by atoms with Gasteiger partial charge in [-0.15, -0.1) is 0 Å². The number of carbonyl (C=O) groups is 1. The first-order chi connectivity index (χ1) is 13.4. The van der Waals surface area contributed by atoms with Gasteiger partial charge in [-0.3, -0.25) is 4.79 Å². The summed E-state index contributed by atoms with van der Waals surface area (Å²) in [4.78, 5) is 22.0. The number of nitrogens with zero attached hydrogens (tertiary/aromatic N) is 4. The molecule has 0 aliphatic carbocycles. The molecule has 1 amide bonds. The standard InChI is InChI=1S/C22H25N5O/c1-22(2)18-9-10-25-20(26-11-5-8-17(24)14-26)19(18)27(21(22)28)13-16-7-4-3-6-15(16)12-23/h3-4,6-7,9-10,17H,5,8,11,13-14,24H2,1-2H3/t17-/m1/s1. The second kappa shape index (κ2) is 6.92. The number of hydrogen-bond acceptors (Lipinski definition) is 5. The van der Waals surface area contributed by atoms with E-state index in [9.17, 15) is 10.1 Å². The first-order valence-electron chi connectivity index (χ1n) is 9.73. The summed E-state index contributed by atoms with van der Waals surface area (Å²) < 4.78 is 0. The average molecular weight is 375 g/mol. The second-order valence-electron chi connectivity index (χ2n) is 8.16. The number of pyridine rings is 1. The summed E-state index contributed by atoms with van der Waals surface area (Å²) in [6, 6.07) is 11.7. The van der Waals surface area contributed by atoms with Crippen LogP contribution in [0.2, 0.25) is 0 Å². The van der Waals surface area contributed by atoms with E-state index in [1.54, 1.807) is 17.2 Å². The van der Waals surface area contributed by atoms with Crippen molar-refractivity contribution in [2.75, 3.05) is 22.9 Å². The molecular weight excluding hydrogens is 350 g/mol. The number of rotatable bonds is 3. The van der Waals surface area contributed by atoms with Crippen LogP contribution in [0.15, 0.2) is 36.5 Å². The zero-order valence-corrected chi connectivity index (χ0v) is 16.4. The number of benzene rings is 1. The lowest BCUT2D eigenvalue weighted by atomic mass is 9.86. The van der Waals surface area contributed by atoms with Gasteiger partial charge in [0.25, 0.3) is 0 Å². The summed E-state index contributed by atoms with van der Waals surface area (Å²) in [7, 11) is 0. The molecule has 0 bridgehead atoms. The van der Waals surface area contributed by atoms with E-state index in [4.69, 9.17) is 5.73 Å². The van der Waals surface area contributed by atoms with Crippen LogP contribution in [0.5, 0.6) is 0 Å². The van der Waals surface area contributed by atoms with Crippen molar-refractivity contribution in [1.82, 2.24) is 4.98 Å². The number of fused-ring (bicyclic) bond motifs is 1. The highest BCUT2D eigenvalue weighted by Gasteiger charge is 2.46. The van der Waals surface area contributed by atoms with E-state index in [-0.39, 0.29) is 11.9 Å². The van der Waals surface area contributed by atoms with E-state index in [1.165, 1.54) is 0 Å². The van der Waals surface area contributed by atoms with Crippen LogP contribution >= 0.6 is 0 Å². The Morgan fingerprint density at radius 2 is 2.11 bits per heavy atom. The van der Waals surface area contributed by atoms with Crippen molar-refractivity contribution in [1.29, 1.82) is 5.26 Å². The van der Waals surface area contributed by atoms with Crippen LogP contribution in [0.4, 0.5) is 11.5 Å². The molecule has 2 aliphatic rings. The smallest absolute Gasteiger partial charge is 0.237 e. The zero-order valence-electron chi connectivity index (χ0n) is 16.4. The Balaban J connectivity index is 1.80. The third-order valence-corrected chi connectivity index (χ3v) is 5.85. The highest BCUT2D eigenvalue weighted by atomic mass is 16.2. The summed E-state index contributed by atoms with van der Waals surface area (Å²) in [5.41, 5.74) is 8.84. The van der Waals surface area contributed by atoms with Gasteiger partial charge < -0.3 is 15.5 Å². The first kappa shape index (κ1) is 18.5. The highest BCUT2D eigenvalue weighted by Crippen LogP contribution is 2.46. The van der Waals surface area contributed by atoms with Gasteiger partial charge in [-0.2, -0.15) is 5.26 Å². The van der Waals surface area contributed by atoms with Crippen LogP contribution in [0.25, 0.3) is 0 Å². The third kappa shape index (κ3) is 2.92. The molecule has 6 heteroatoms. The highest BCUT2D eigenvalue weighted by molar-refractivity contribution is 6.10. The van der Waals surface area contributed by atoms with Crippen molar-refractivity contribution in [3.63, 3.8) is 0 Å². The number of carbonyl (C=O) groups excluding carboxylic acids is 1. The van der Waals surface area contributed by atoms with Crippen LogP contribution in [-0.4, -0.2) is 30.0 Å². The van der Waals surface area contributed by atoms with Gasteiger partial charge >= 0.3 is 0 Å². The minimum atomic E-state index is -0.632. The summed E-state index contributed by atoms with van der Waals surface area (Å²) in [6.07, 6.45) is 3.81. The summed E-state index contributed by atoms with van der Waals surface area (Å²) in [5.74, 6) is 0.854. The second-order valence-corrected chi connectivity index (χ2v) is 8.16. The van der Waals surface area contributed by atoms with Gasteiger partial charge in [0, 0.05) is 25.3 Å². The van der Waals surface area contributed by atoms with Crippen molar-refractivity contribution in [2.45, 2.75) is 44.7 Å². The van der Waals surface area contributed by atoms with Gasteiger partial charge in [0.05, 0.1) is 29.3 Å². The maximum Gasteiger partial charge on any atom is 0.237 e. The monoisotopic (exact) mass is 375 g/mol. The predicted molar refractivity (Wildman–Crippen MR) is 109 cm³/mol. The SMILES string of the molecule is CC1(C)C(=O)N(Cc2ccccc2C#N)c2c1ccnc2N1CCC[C@@H](N)C1. The molecule has 0 radical (unpaired) electrons. The minimum Gasteiger partial charge on any atom is -0.353 e. The van der Waals surface area contributed by atoms with Crippen LogP contribution < -0.4 is 15.5 Å². The molecule has 1 aromatic carbocycles. The molecule has 0 saturated carbocycles. The van der Waals surface area contributed by atoms with Gasteiger partial charge in [-0.25, -0.2) is 4.98 Å². The van der Waals surface area contributed by atoms with E-state index in [0.717, 1.165) is 48.6 Å². The fourth-order valence-electron chi connectivity index (χ4n) is 4.29. The van der Waals surface area contributed by atoms with Crippen LogP contribution in [0.3, 0.4) is 0 Å². The fraction of sp³-hybridized carbons (Fsp3) is 0.409. The fourth-order valence-corrected chi connectivity index (χ4v) is 4.29. The molecule has 28 heavy (non-hydrogen) atoms. The zero-order chi connectivity index (χ0) is 19.9. The maximum atomic E-state index is 13.4. The maximum absolute atomic E-state index is 13.4. The van der Waals surface area contributed by atoms with Gasteiger partial charge in [0.1, 0.15) is 0 Å². The van der Waals surface area contributed by atoms with Gasteiger partial charge in [-0.05, 0) is 49.9 Å². The molecule has 2 aliphatic heterocycles. The number of nitrogens with two attached hydrogens (primary N) is 1. The topological polar surface area (TPSA) is 86.2 Å². The summed E-state index contributed by atoms with van der Waals surface area (Å²) >= 11 is 0. The molecule has 144 valence electrons. The Hall–Kier alpha value is -2.91. The number of anilines is 2. The van der Waals surface area contributed by atoms with E-state index in [2.05, 4.69) is 16.0 Å². The average Bonchev–Trinajstić information content (AvgIpc) is 2.89. The van der Waals surface area contributed by atoms with Gasteiger partial charge in [-0.1, -0.05) is 18.2 Å². The van der Waals surface area contributed by atoms with Crippen molar-refractivity contribution in [3.8, 4) is 6.07 Å². The van der Waals surface area contributed by atoms with Crippen molar-refractivity contribution < 1.29 is 4.79 Å². The lowest BCUT2D eigenvalue weighted by Gasteiger charge is -2.34. The van der Waals surface area contributed by atoms with Gasteiger partial charge in [0.2, 0.25) is 5.91 Å². The summed E-state index contributed by atoms with van der Waals surface area (Å²) in [5, 5.41) is 9.46. The number of amides is 1. The van der Waals surface area contributed by atoms with Gasteiger partial charge in [0.15, 0.2) is 5.82 Å². The molecule has 1 fully saturated rings. The Kier molecular flexibility index (Phi) is 4.56. The molecule has 0 spiro atoms. The number of piperidine rings is 1. The molecule has 3 heterocycles. The molecule has 2 aromatic rings. The lowest BCUT2D eigenvalue weighted by molar-refractivity contribution is -0.122. The lowest BCUT2D eigenvalue weighted by Crippen LogP contribution is -2.44. The Morgan fingerprint density at radius 1 is 1.32 bits per heavy atom. The molecule has 2 N–H and O–H groups in total. The van der Waals surface area contributed by atoms with Crippen molar-refractivity contribution in [2.24, 2.45) is 5.73 Å². The molecule has 4 rings (SSSR count). The first-order valence-corrected chi connectivity index (χ1v) is 9.73. The molecular formula is C22H25N5O. The number of hydrogen-bond donors (Lipinski definition) is 1. The van der Waals surface area contributed by atoms with Crippen molar-refractivity contribution >= 4 is 17.4 Å². The molecule has 1 atom stereocenters. The van der Waals surface area contributed by atoms with E-state index >= 15 is 0 Å². The minimum absolute atomic E-state index is 0.0331.